The van der Waals surface area contributed by atoms with Crippen LogP contribution in [0.2, 0.25) is 0 Å². The zero-order valence-electron chi connectivity index (χ0n) is 14.0. The number of nitrogens with one attached hydrogen (secondary N) is 1. The molecular weight excluding hydrogens is 281 g/mol. The lowest BCUT2D eigenvalue weighted by molar-refractivity contribution is 0.441. The van der Waals surface area contributed by atoms with Crippen molar-refractivity contribution in [1.29, 1.82) is 0 Å². The summed E-state index contributed by atoms with van der Waals surface area (Å²) in [6.45, 7) is 4.35. The number of rotatable bonds is 7. The van der Waals surface area contributed by atoms with Gasteiger partial charge in [-0.05, 0) is 46.1 Å². The van der Waals surface area contributed by atoms with E-state index in [1.807, 2.05) is 58.5 Å². The Balaban J connectivity index is 3.14. The van der Waals surface area contributed by atoms with Gasteiger partial charge in [-0.3, -0.25) is 4.57 Å². The fourth-order valence-corrected chi connectivity index (χ4v) is 3.56. The van der Waals surface area contributed by atoms with Crippen LogP contribution in [0.5, 0.6) is 0 Å². The lowest BCUT2D eigenvalue weighted by Gasteiger charge is -2.32. The van der Waals surface area contributed by atoms with Gasteiger partial charge in [-0.1, -0.05) is 50.3 Å². The van der Waals surface area contributed by atoms with E-state index >= 15 is 0 Å². The number of nitrogens with zero attached hydrogens (tertiary/aromatic N) is 2. The van der Waals surface area contributed by atoms with Gasteiger partial charge in [-0.15, -0.1) is 0 Å². The van der Waals surface area contributed by atoms with Crippen LogP contribution in [0.4, 0.5) is 0 Å². The van der Waals surface area contributed by atoms with Gasteiger partial charge in [0.25, 0.3) is 0 Å². The Kier molecular flexibility index (Phi) is 6.66. The largest absolute Gasteiger partial charge is 0.312 e. The molecule has 0 aliphatic rings. The second kappa shape index (κ2) is 7.79. The third-order valence-corrected chi connectivity index (χ3v) is 5.93. The molecule has 21 heavy (non-hydrogen) atoms. The van der Waals surface area contributed by atoms with E-state index in [0.717, 1.165) is 17.7 Å². The van der Waals surface area contributed by atoms with E-state index in [-0.39, 0.29) is 0 Å². The van der Waals surface area contributed by atoms with Gasteiger partial charge in [-0.25, -0.2) is 9.34 Å². The minimum Gasteiger partial charge on any atom is -0.312 e. The summed E-state index contributed by atoms with van der Waals surface area (Å²) < 4.78 is 16.6. The van der Waals surface area contributed by atoms with Crippen molar-refractivity contribution in [3.63, 3.8) is 0 Å². The Morgan fingerprint density at radius 2 is 1.67 bits per heavy atom. The summed E-state index contributed by atoms with van der Waals surface area (Å²) in [5.74, 6) is 0.559. The van der Waals surface area contributed by atoms with Crippen molar-refractivity contribution in [1.82, 2.24) is 14.4 Å². The first kappa shape index (κ1) is 18.0. The number of allylic oxidation sites excluding steroid dienone is 1. The molecule has 0 bridgehead atoms. The van der Waals surface area contributed by atoms with Gasteiger partial charge >= 0.3 is 7.59 Å². The first-order valence-electron chi connectivity index (χ1n) is 7.27. The number of benzene rings is 1. The van der Waals surface area contributed by atoms with Crippen LogP contribution in [0, 0.1) is 5.92 Å². The van der Waals surface area contributed by atoms with Crippen molar-refractivity contribution in [2.45, 2.75) is 20.3 Å². The van der Waals surface area contributed by atoms with Crippen LogP contribution in [0.3, 0.4) is 0 Å². The van der Waals surface area contributed by atoms with Crippen molar-refractivity contribution in [2.24, 2.45) is 5.92 Å². The second-order valence-corrected chi connectivity index (χ2v) is 8.88. The zero-order valence-corrected chi connectivity index (χ0v) is 14.9. The summed E-state index contributed by atoms with van der Waals surface area (Å²) in [7, 11) is 4.53. The lowest BCUT2D eigenvalue weighted by Crippen LogP contribution is -2.30. The maximum Gasteiger partial charge on any atom is 0.307 e. The molecule has 0 aliphatic carbocycles. The SMILES string of the molecule is CC(C)C/C=C(\NP(=O)(N(C)C)N(C)C)c1ccccc1. The van der Waals surface area contributed by atoms with Crippen LogP contribution in [-0.4, -0.2) is 37.5 Å². The van der Waals surface area contributed by atoms with Crippen molar-refractivity contribution in [3.05, 3.63) is 42.0 Å². The Morgan fingerprint density at radius 1 is 1.14 bits per heavy atom. The summed E-state index contributed by atoms with van der Waals surface area (Å²) in [5.41, 5.74) is 1.98. The molecule has 0 atom stereocenters. The summed E-state index contributed by atoms with van der Waals surface area (Å²) >= 11 is 0. The van der Waals surface area contributed by atoms with Crippen LogP contribution in [-0.2, 0) is 4.57 Å². The fourth-order valence-electron chi connectivity index (χ4n) is 1.91. The summed E-state index contributed by atoms with van der Waals surface area (Å²) in [6, 6.07) is 10.1. The highest BCUT2D eigenvalue weighted by Crippen LogP contribution is 2.47. The number of hydrogen-bond acceptors (Lipinski definition) is 1. The molecular formula is C16H28N3OP. The minimum atomic E-state index is -2.80. The first-order valence-corrected chi connectivity index (χ1v) is 8.88. The van der Waals surface area contributed by atoms with Crippen LogP contribution in [0.15, 0.2) is 36.4 Å². The summed E-state index contributed by atoms with van der Waals surface area (Å²) in [5, 5.41) is 3.27. The highest BCUT2D eigenvalue weighted by Gasteiger charge is 2.29. The molecule has 0 spiro atoms. The molecule has 0 amide bonds. The molecule has 0 fully saturated rings. The van der Waals surface area contributed by atoms with E-state index in [1.54, 1.807) is 9.34 Å². The highest BCUT2D eigenvalue weighted by molar-refractivity contribution is 7.57. The highest BCUT2D eigenvalue weighted by atomic mass is 31.2. The van der Waals surface area contributed by atoms with Crippen LogP contribution >= 0.6 is 7.59 Å². The van der Waals surface area contributed by atoms with Crippen LogP contribution < -0.4 is 5.09 Å². The molecule has 5 heteroatoms. The molecule has 0 heterocycles. The maximum absolute atomic E-state index is 13.1. The average molecular weight is 309 g/mol. The maximum atomic E-state index is 13.1. The van der Waals surface area contributed by atoms with E-state index in [1.165, 1.54) is 0 Å². The van der Waals surface area contributed by atoms with Gasteiger partial charge in [0, 0.05) is 5.70 Å². The van der Waals surface area contributed by atoms with Gasteiger partial charge < -0.3 is 5.09 Å². The van der Waals surface area contributed by atoms with Crippen molar-refractivity contribution in [2.75, 3.05) is 28.2 Å². The smallest absolute Gasteiger partial charge is 0.307 e. The molecule has 1 rings (SSSR count). The Bertz CT molecular complexity index is 498. The Labute approximate surface area is 129 Å². The van der Waals surface area contributed by atoms with Gasteiger partial charge in [-0.2, -0.15) is 0 Å². The van der Waals surface area contributed by atoms with Crippen LogP contribution in [0.25, 0.3) is 5.70 Å². The van der Waals surface area contributed by atoms with Crippen LogP contribution in [0.1, 0.15) is 25.8 Å². The normalized spacial score (nSPS) is 13.3. The number of hydrogen-bond donors (Lipinski definition) is 1. The topological polar surface area (TPSA) is 35.6 Å². The van der Waals surface area contributed by atoms with Gasteiger partial charge in [0.1, 0.15) is 0 Å². The minimum absolute atomic E-state index is 0.559. The predicted octanol–water partition coefficient (Wildman–Crippen LogP) is 3.89. The lowest BCUT2D eigenvalue weighted by atomic mass is 10.1. The second-order valence-electron chi connectivity index (χ2n) is 5.96. The zero-order chi connectivity index (χ0) is 16.0. The van der Waals surface area contributed by atoms with E-state index in [0.29, 0.717) is 5.92 Å². The molecule has 0 aromatic heterocycles. The monoisotopic (exact) mass is 309 g/mol. The molecule has 0 aliphatic heterocycles. The molecule has 118 valence electrons. The van der Waals surface area contributed by atoms with Gasteiger partial charge in [0.2, 0.25) is 0 Å². The molecule has 0 saturated heterocycles. The van der Waals surface area contributed by atoms with Gasteiger partial charge in [0.05, 0.1) is 0 Å². The van der Waals surface area contributed by atoms with Gasteiger partial charge in [0.15, 0.2) is 0 Å². The molecule has 1 aromatic rings. The van der Waals surface area contributed by atoms with E-state index < -0.39 is 7.59 Å². The first-order chi connectivity index (χ1) is 9.77. The molecule has 4 nitrogen and oxygen atoms in total. The Morgan fingerprint density at radius 3 is 2.10 bits per heavy atom. The third kappa shape index (κ3) is 4.99. The van der Waals surface area contributed by atoms with Crippen molar-refractivity contribution >= 4 is 13.3 Å². The summed E-state index contributed by atoms with van der Waals surface area (Å²) in [6.07, 6.45) is 3.08. The summed E-state index contributed by atoms with van der Waals surface area (Å²) in [4.78, 5) is 0. The fraction of sp³-hybridized carbons (Fsp3) is 0.500. The molecule has 0 radical (unpaired) electrons. The van der Waals surface area contributed by atoms with Crippen molar-refractivity contribution in [3.8, 4) is 0 Å². The quantitative estimate of drug-likeness (QED) is 0.775. The molecule has 0 saturated carbocycles. The van der Waals surface area contributed by atoms with E-state index in [2.05, 4.69) is 25.0 Å². The third-order valence-electron chi connectivity index (χ3n) is 3.23. The Hall–Kier alpha value is -1.09. The van der Waals surface area contributed by atoms with E-state index in [9.17, 15) is 4.57 Å². The predicted molar refractivity (Wildman–Crippen MR) is 92.0 cm³/mol. The molecule has 1 aromatic carbocycles. The average Bonchev–Trinajstić information content (AvgIpc) is 2.43. The van der Waals surface area contributed by atoms with Crippen molar-refractivity contribution < 1.29 is 4.57 Å². The molecule has 0 unspecified atom stereocenters. The molecule has 1 N–H and O–H groups in total. The standard InChI is InChI=1S/C16H28N3OP/c1-14(2)12-13-16(15-10-8-7-9-11-15)17-21(20,18(3)4)19(5)6/h7-11,13-14H,12H2,1-6H3,(H,17,20)/b16-13-. The van der Waals surface area contributed by atoms with E-state index in [4.69, 9.17) is 0 Å².